The molecule has 0 spiro atoms. The highest BCUT2D eigenvalue weighted by Crippen LogP contribution is 2.37. The second kappa shape index (κ2) is 9.36. The van der Waals surface area contributed by atoms with Gasteiger partial charge in [0.05, 0.1) is 18.1 Å². The number of halogens is 2. The van der Waals surface area contributed by atoms with Gasteiger partial charge < -0.3 is 10.1 Å². The van der Waals surface area contributed by atoms with Crippen molar-refractivity contribution in [3.05, 3.63) is 21.6 Å². The van der Waals surface area contributed by atoms with E-state index in [2.05, 4.69) is 21.2 Å². The third-order valence-corrected chi connectivity index (χ3v) is 6.80. The van der Waals surface area contributed by atoms with E-state index in [-0.39, 0.29) is 23.1 Å². The minimum absolute atomic E-state index is 0.0385. The molecule has 1 fully saturated rings. The van der Waals surface area contributed by atoms with E-state index < -0.39 is 10.0 Å². The summed E-state index contributed by atoms with van der Waals surface area (Å²) in [4.78, 5) is 13.8. The number of nitrogens with zero attached hydrogens (tertiary/aromatic N) is 2. The molecule has 0 saturated carbocycles. The van der Waals surface area contributed by atoms with Crippen molar-refractivity contribution in [1.29, 1.82) is 0 Å². The van der Waals surface area contributed by atoms with E-state index >= 15 is 0 Å². The van der Waals surface area contributed by atoms with Gasteiger partial charge in [-0.25, -0.2) is 8.42 Å². The van der Waals surface area contributed by atoms with Crippen LogP contribution in [0.5, 0.6) is 5.75 Å². The fourth-order valence-electron chi connectivity index (χ4n) is 2.87. The van der Waals surface area contributed by atoms with Crippen molar-refractivity contribution < 1.29 is 17.9 Å². The Hall–Kier alpha value is -0.870. The van der Waals surface area contributed by atoms with Crippen LogP contribution in [-0.4, -0.2) is 69.9 Å². The van der Waals surface area contributed by atoms with Crippen LogP contribution in [0.25, 0.3) is 0 Å². The number of benzene rings is 1. The molecule has 1 aromatic carbocycles. The van der Waals surface area contributed by atoms with Crippen molar-refractivity contribution in [2.45, 2.75) is 18.2 Å². The number of likely N-dealkylation sites (N-methyl/N-ethyl adjacent to an activating group) is 1. The number of ether oxygens (including phenoxy) is 1. The SMILES string of the molecule is CCNC(=O)CN1CCCN(S(=O)(=O)c2cc(Cl)cc(Br)c2OC)CC1. The lowest BCUT2D eigenvalue weighted by Gasteiger charge is -2.22. The number of carbonyl (C=O) groups excluding carboxylic acids is 1. The topological polar surface area (TPSA) is 79.0 Å². The Morgan fingerprint density at radius 2 is 2.04 bits per heavy atom. The van der Waals surface area contributed by atoms with Gasteiger partial charge >= 0.3 is 0 Å². The summed E-state index contributed by atoms with van der Waals surface area (Å²) in [6.07, 6.45) is 0.642. The van der Waals surface area contributed by atoms with Crippen LogP contribution in [0.3, 0.4) is 0 Å². The van der Waals surface area contributed by atoms with Crippen molar-refractivity contribution in [3.8, 4) is 5.75 Å². The third kappa shape index (κ3) is 5.10. The second-order valence-corrected chi connectivity index (χ2v) is 9.10. The molecule has 1 heterocycles. The molecule has 0 radical (unpaired) electrons. The molecule has 0 unspecified atom stereocenters. The number of methoxy groups -OCH3 is 1. The molecular formula is C16H23BrClN3O4S. The van der Waals surface area contributed by atoms with E-state index in [0.29, 0.717) is 48.6 Å². The Balaban J connectivity index is 2.19. The average molecular weight is 469 g/mol. The lowest BCUT2D eigenvalue weighted by atomic mass is 10.3. The smallest absolute Gasteiger partial charge is 0.246 e. The molecule has 1 aliphatic rings. The maximum atomic E-state index is 13.1. The molecular weight excluding hydrogens is 446 g/mol. The van der Waals surface area contributed by atoms with Crippen LogP contribution >= 0.6 is 27.5 Å². The van der Waals surface area contributed by atoms with Gasteiger partial charge in [-0.3, -0.25) is 9.69 Å². The molecule has 0 aliphatic carbocycles. The number of rotatable bonds is 6. The van der Waals surface area contributed by atoms with Crippen molar-refractivity contribution in [1.82, 2.24) is 14.5 Å². The third-order valence-electron chi connectivity index (χ3n) is 4.08. The molecule has 10 heteroatoms. The van der Waals surface area contributed by atoms with Crippen molar-refractivity contribution in [3.63, 3.8) is 0 Å². The monoisotopic (exact) mass is 467 g/mol. The number of carbonyl (C=O) groups is 1. The van der Waals surface area contributed by atoms with Crippen LogP contribution in [0.1, 0.15) is 13.3 Å². The normalized spacial score (nSPS) is 16.9. The molecule has 2 rings (SSSR count). The van der Waals surface area contributed by atoms with Crippen LogP contribution in [-0.2, 0) is 14.8 Å². The van der Waals surface area contributed by atoms with Gasteiger partial charge in [-0.05, 0) is 48.0 Å². The Morgan fingerprint density at radius 3 is 2.69 bits per heavy atom. The summed E-state index contributed by atoms with van der Waals surface area (Å²) in [6.45, 7) is 4.55. The molecule has 1 saturated heterocycles. The van der Waals surface area contributed by atoms with Gasteiger partial charge in [-0.2, -0.15) is 4.31 Å². The first-order valence-electron chi connectivity index (χ1n) is 8.31. The van der Waals surface area contributed by atoms with Gasteiger partial charge in [0.15, 0.2) is 5.75 Å². The summed E-state index contributed by atoms with van der Waals surface area (Å²) >= 11 is 9.34. The summed E-state index contributed by atoms with van der Waals surface area (Å²) < 4.78 is 33.4. The number of sulfonamides is 1. The minimum atomic E-state index is -3.77. The molecule has 1 N–H and O–H groups in total. The number of amides is 1. The van der Waals surface area contributed by atoms with E-state index in [1.165, 1.54) is 17.5 Å². The maximum Gasteiger partial charge on any atom is 0.246 e. The number of nitrogens with one attached hydrogen (secondary N) is 1. The molecule has 26 heavy (non-hydrogen) atoms. The standard InChI is InChI=1S/C16H23BrClN3O4S/c1-3-19-15(22)11-20-5-4-6-21(8-7-20)26(23,24)14-10-12(18)9-13(17)16(14)25-2/h9-10H,3-8,11H2,1-2H3,(H,19,22). The highest BCUT2D eigenvalue weighted by molar-refractivity contribution is 9.10. The molecule has 1 aromatic rings. The summed E-state index contributed by atoms with van der Waals surface area (Å²) in [5.41, 5.74) is 0. The molecule has 0 aromatic heterocycles. The first kappa shape index (κ1) is 21.4. The molecule has 146 valence electrons. The Kier molecular flexibility index (Phi) is 7.72. The van der Waals surface area contributed by atoms with E-state index in [1.807, 2.05) is 11.8 Å². The Labute approximate surface area is 167 Å². The fourth-order valence-corrected chi connectivity index (χ4v) is 5.71. The fraction of sp³-hybridized carbons (Fsp3) is 0.562. The average Bonchev–Trinajstić information content (AvgIpc) is 2.80. The van der Waals surface area contributed by atoms with E-state index in [4.69, 9.17) is 16.3 Å². The Bertz CT molecular complexity index is 760. The molecule has 7 nitrogen and oxygen atoms in total. The van der Waals surface area contributed by atoms with Crippen LogP contribution in [0.15, 0.2) is 21.5 Å². The zero-order chi connectivity index (χ0) is 19.3. The predicted octanol–water partition coefficient (Wildman–Crippen LogP) is 1.94. The first-order chi connectivity index (χ1) is 12.3. The summed E-state index contributed by atoms with van der Waals surface area (Å²) in [5.74, 6) is 0.182. The molecule has 1 aliphatic heterocycles. The van der Waals surface area contributed by atoms with Crippen LogP contribution in [0, 0.1) is 0 Å². The zero-order valence-electron chi connectivity index (χ0n) is 14.8. The Morgan fingerprint density at radius 1 is 1.31 bits per heavy atom. The first-order valence-corrected chi connectivity index (χ1v) is 10.9. The van der Waals surface area contributed by atoms with Crippen molar-refractivity contribution in [2.75, 3.05) is 46.4 Å². The van der Waals surface area contributed by atoms with Gasteiger partial charge in [0.1, 0.15) is 4.90 Å². The van der Waals surface area contributed by atoms with Gasteiger partial charge in [-0.1, -0.05) is 11.6 Å². The lowest BCUT2D eigenvalue weighted by Crippen LogP contribution is -2.40. The molecule has 0 atom stereocenters. The quantitative estimate of drug-likeness (QED) is 0.690. The largest absolute Gasteiger partial charge is 0.494 e. The van der Waals surface area contributed by atoms with Crippen LogP contribution < -0.4 is 10.1 Å². The van der Waals surface area contributed by atoms with Crippen molar-refractivity contribution >= 4 is 43.5 Å². The summed E-state index contributed by atoms with van der Waals surface area (Å²) in [5, 5.41) is 3.07. The second-order valence-electron chi connectivity index (χ2n) is 5.91. The van der Waals surface area contributed by atoms with Crippen LogP contribution in [0.2, 0.25) is 5.02 Å². The van der Waals surface area contributed by atoms with E-state index in [0.717, 1.165) is 0 Å². The molecule has 1 amide bonds. The minimum Gasteiger partial charge on any atom is -0.494 e. The number of hydrogen-bond donors (Lipinski definition) is 1. The molecule has 0 bridgehead atoms. The van der Waals surface area contributed by atoms with Crippen LogP contribution in [0.4, 0.5) is 0 Å². The highest BCUT2D eigenvalue weighted by Gasteiger charge is 2.31. The van der Waals surface area contributed by atoms with Gasteiger partial charge in [-0.15, -0.1) is 0 Å². The maximum absolute atomic E-state index is 13.1. The van der Waals surface area contributed by atoms with Gasteiger partial charge in [0, 0.05) is 31.2 Å². The summed E-state index contributed by atoms with van der Waals surface area (Å²) in [6, 6.07) is 2.99. The number of hydrogen-bond acceptors (Lipinski definition) is 5. The zero-order valence-corrected chi connectivity index (χ0v) is 18.0. The van der Waals surface area contributed by atoms with E-state index in [1.54, 1.807) is 6.07 Å². The lowest BCUT2D eigenvalue weighted by molar-refractivity contribution is -0.122. The highest BCUT2D eigenvalue weighted by atomic mass is 79.9. The van der Waals surface area contributed by atoms with Gasteiger partial charge in [0.25, 0.3) is 0 Å². The van der Waals surface area contributed by atoms with Crippen molar-refractivity contribution in [2.24, 2.45) is 0 Å². The van der Waals surface area contributed by atoms with Gasteiger partial charge in [0.2, 0.25) is 15.9 Å². The summed E-state index contributed by atoms with van der Waals surface area (Å²) in [7, 11) is -2.35. The van der Waals surface area contributed by atoms with E-state index in [9.17, 15) is 13.2 Å². The predicted molar refractivity (Wildman–Crippen MR) is 104 cm³/mol.